The Morgan fingerprint density at radius 1 is 1.06 bits per heavy atom. The fraction of sp³-hybridized carbons (Fsp3) is 0.435. The van der Waals surface area contributed by atoms with Crippen LogP contribution in [0.1, 0.15) is 18.9 Å². The van der Waals surface area contributed by atoms with Gasteiger partial charge in [0.2, 0.25) is 10.0 Å². The van der Waals surface area contributed by atoms with E-state index in [1.54, 1.807) is 12.1 Å². The lowest BCUT2D eigenvalue weighted by molar-refractivity contribution is -0.128. The topological polar surface area (TPSA) is 94.2 Å². The van der Waals surface area contributed by atoms with Crippen LogP contribution in [0.4, 0.5) is 0 Å². The lowest BCUT2D eigenvalue weighted by atomic mass is 10.2. The van der Waals surface area contributed by atoms with Crippen LogP contribution in [-0.2, 0) is 19.6 Å². The maximum atomic E-state index is 12.6. The van der Waals surface area contributed by atoms with Crippen molar-refractivity contribution >= 4 is 15.9 Å². The second kappa shape index (κ2) is 11.3. The quantitative estimate of drug-likeness (QED) is 0.545. The number of ether oxygens (including phenoxy) is 3. The van der Waals surface area contributed by atoms with Gasteiger partial charge in [-0.3, -0.25) is 4.79 Å². The highest BCUT2D eigenvalue weighted by Gasteiger charge is 2.26. The molecule has 1 saturated heterocycles. The number of nitrogens with one attached hydrogen (secondary N) is 1. The van der Waals surface area contributed by atoms with Crippen LogP contribution in [0.2, 0.25) is 0 Å². The molecule has 0 bridgehead atoms. The molecule has 0 aliphatic carbocycles. The van der Waals surface area contributed by atoms with Crippen LogP contribution in [0.3, 0.4) is 0 Å². The molecule has 1 aliphatic heterocycles. The van der Waals surface area contributed by atoms with E-state index in [1.165, 1.54) is 16.4 Å². The molecule has 0 aromatic heterocycles. The number of carbonyl (C=O) groups excluding carboxylic acids is 1. The fourth-order valence-electron chi connectivity index (χ4n) is 3.20. The van der Waals surface area contributed by atoms with Gasteiger partial charge in [-0.15, -0.1) is 0 Å². The van der Waals surface area contributed by atoms with Gasteiger partial charge in [0.05, 0.1) is 24.7 Å². The Morgan fingerprint density at radius 3 is 2.31 bits per heavy atom. The van der Waals surface area contributed by atoms with Crippen LogP contribution in [0.25, 0.3) is 0 Å². The van der Waals surface area contributed by atoms with Gasteiger partial charge in [-0.2, -0.15) is 4.31 Å². The Hall–Kier alpha value is -2.62. The minimum absolute atomic E-state index is 0.205. The number of aryl methyl sites for hydroxylation is 1. The second-order valence-electron chi connectivity index (χ2n) is 7.46. The van der Waals surface area contributed by atoms with Crippen molar-refractivity contribution in [3.8, 4) is 11.5 Å². The molecule has 1 N–H and O–H groups in total. The molecule has 1 fully saturated rings. The Labute approximate surface area is 189 Å². The summed E-state index contributed by atoms with van der Waals surface area (Å²) in [6.07, 6.45) is -0.0398. The maximum Gasteiger partial charge on any atom is 0.261 e. The van der Waals surface area contributed by atoms with E-state index in [4.69, 9.17) is 14.2 Å². The van der Waals surface area contributed by atoms with Crippen LogP contribution in [0.5, 0.6) is 11.5 Å². The zero-order chi connectivity index (χ0) is 23.0. The van der Waals surface area contributed by atoms with E-state index in [0.29, 0.717) is 50.8 Å². The highest BCUT2D eigenvalue weighted by molar-refractivity contribution is 7.89. The number of rotatable bonds is 10. The lowest BCUT2D eigenvalue weighted by Gasteiger charge is -2.26. The Kier molecular flexibility index (Phi) is 8.49. The van der Waals surface area contributed by atoms with Gasteiger partial charge in [-0.1, -0.05) is 24.6 Å². The summed E-state index contributed by atoms with van der Waals surface area (Å²) >= 11 is 0. The molecule has 1 atom stereocenters. The van der Waals surface area contributed by atoms with Crippen molar-refractivity contribution in [1.82, 2.24) is 9.62 Å². The van der Waals surface area contributed by atoms with Crippen LogP contribution < -0.4 is 14.8 Å². The van der Waals surface area contributed by atoms with Crippen LogP contribution in [0.15, 0.2) is 53.4 Å². The first-order chi connectivity index (χ1) is 15.4. The standard InChI is InChI=1S/C23H30N2O6S/c1-3-22(31-20-6-4-18(2)5-7-20)23(26)24-12-15-30-19-8-10-21(11-9-19)32(27,28)25-13-16-29-17-14-25/h4-11,22H,3,12-17H2,1-2H3,(H,24,26). The minimum Gasteiger partial charge on any atom is -0.492 e. The van der Waals surface area contributed by atoms with Crippen molar-refractivity contribution in [3.05, 3.63) is 54.1 Å². The number of carbonyl (C=O) groups is 1. The summed E-state index contributed by atoms with van der Waals surface area (Å²) in [5.41, 5.74) is 1.12. The van der Waals surface area contributed by atoms with E-state index in [0.717, 1.165) is 5.56 Å². The molecule has 0 saturated carbocycles. The van der Waals surface area contributed by atoms with Crippen LogP contribution in [-0.4, -0.2) is 64.2 Å². The van der Waals surface area contributed by atoms with Crippen molar-refractivity contribution in [1.29, 1.82) is 0 Å². The van der Waals surface area contributed by atoms with Gasteiger partial charge in [-0.25, -0.2) is 8.42 Å². The highest BCUT2D eigenvalue weighted by atomic mass is 32.2. The van der Waals surface area contributed by atoms with E-state index in [-0.39, 0.29) is 17.4 Å². The first-order valence-electron chi connectivity index (χ1n) is 10.7. The summed E-state index contributed by atoms with van der Waals surface area (Å²) in [4.78, 5) is 12.6. The molecule has 0 spiro atoms. The van der Waals surface area contributed by atoms with E-state index in [9.17, 15) is 13.2 Å². The Bertz CT molecular complexity index is 971. The van der Waals surface area contributed by atoms with Gasteiger partial charge in [-0.05, 0) is 49.7 Å². The maximum absolute atomic E-state index is 12.6. The summed E-state index contributed by atoms with van der Waals surface area (Å²) in [7, 11) is -3.53. The molecule has 1 amide bonds. The van der Waals surface area contributed by atoms with Crippen molar-refractivity contribution in [2.24, 2.45) is 0 Å². The van der Waals surface area contributed by atoms with Gasteiger partial charge in [0, 0.05) is 13.1 Å². The third kappa shape index (κ3) is 6.44. The van der Waals surface area contributed by atoms with Crippen molar-refractivity contribution < 1.29 is 27.4 Å². The van der Waals surface area contributed by atoms with Crippen molar-refractivity contribution in [2.45, 2.75) is 31.3 Å². The zero-order valence-electron chi connectivity index (χ0n) is 18.5. The summed E-state index contributed by atoms with van der Waals surface area (Å²) in [6, 6.07) is 13.8. The number of sulfonamides is 1. The average molecular weight is 463 g/mol. The zero-order valence-corrected chi connectivity index (χ0v) is 19.3. The predicted molar refractivity (Wildman–Crippen MR) is 120 cm³/mol. The highest BCUT2D eigenvalue weighted by Crippen LogP contribution is 2.20. The molecule has 174 valence electrons. The van der Waals surface area contributed by atoms with Crippen LogP contribution in [0, 0.1) is 6.92 Å². The smallest absolute Gasteiger partial charge is 0.261 e. The lowest BCUT2D eigenvalue weighted by Crippen LogP contribution is -2.40. The van der Waals surface area contributed by atoms with Gasteiger partial charge < -0.3 is 19.5 Å². The molecule has 1 heterocycles. The van der Waals surface area contributed by atoms with E-state index < -0.39 is 16.1 Å². The Balaban J connectivity index is 1.44. The minimum atomic E-state index is -3.53. The molecular formula is C23H30N2O6S. The van der Waals surface area contributed by atoms with Crippen molar-refractivity contribution in [3.63, 3.8) is 0 Å². The monoisotopic (exact) mass is 462 g/mol. The normalized spacial score (nSPS) is 15.7. The number of hydrogen-bond donors (Lipinski definition) is 1. The summed E-state index contributed by atoms with van der Waals surface area (Å²) in [6.45, 7) is 5.95. The van der Waals surface area contributed by atoms with Crippen molar-refractivity contribution in [2.75, 3.05) is 39.5 Å². The molecule has 3 rings (SSSR count). The van der Waals surface area contributed by atoms with Gasteiger partial charge in [0.1, 0.15) is 18.1 Å². The predicted octanol–water partition coefficient (Wildman–Crippen LogP) is 2.37. The number of morpholine rings is 1. The van der Waals surface area contributed by atoms with E-state index >= 15 is 0 Å². The molecule has 8 nitrogen and oxygen atoms in total. The molecule has 2 aromatic carbocycles. The van der Waals surface area contributed by atoms with Crippen LogP contribution >= 0.6 is 0 Å². The largest absolute Gasteiger partial charge is 0.492 e. The molecular weight excluding hydrogens is 432 g/mol. The molecule has 1 aliphatic rings. The van der Waals surface area contributed by atoms with Gasteiger partial charge in [0.15, 0.2) is 6.10 Å². The Morgan fingerprint density at radius 2 is 1.69 bits per heavy atom. The summed E-state index contributed by atoms with van der Waals surface area (Å²) in [5, 5.41) is 2.81. The number of nitrogens with zero attached hydrogens (tertiary/aromatic N) is 1. The number of hydrogen-bond acceptors (Lipinski definition) is 6. The average Bonchev–Trinajstić information content (AvgIpc) is 2.82. The third-order valence-electron chi connectivity index (χ3n) is 5.06. The SMILES string of the molecule is CCC(Oc1ccc(C)cc1)C(=O)NCCOc1ccc(S(=O)(=O)N2CCOCC2)cc1. The second-order valence-corrected chi connectivity index (χ2v) is 9.39. The fourth-order valence-corrected chi connectivity index (χ4v) is 4.61. The first kappa shape index (κ1) is 24.0. The first-order valence-corrected chi connectivity index (χ1v) is 12.2. The van der Waals surface area contributed by atoms with E-state index in [1.807, 2.05) is 38.1 Å². The molecule has 0 radical (unpaired) electrons. The third-order valence-corrected chi connectivity index (χ3v) is 6.98. The number of benzene rings is 2. The summed E-state index contributed by atoms with van der Waals surface area (Å²) in [5.74, 6) is 0.979. The van der Waals surface area contributed by atoms with E-state index in [2.05, 4.69) is 5.32 Å². The molecule has 2 aromatic rings. The van der Waals surface area contributed by atoms with Gasteiger partial charge in [0.25, 0.3) is 5.91 Å². The van der Waals surface area contributed by atoms with Gasteiger partial charge >= 0.3 is 0 Å². The number of amides is 1. The molecule has 32 heavy (non-hydrogen) atoms. The summed E-state index contributed by atoms with van der Waals surface area (Å²) < 4.78 is 43.3. The molecule has 9 heteroatoms. The molecule has 1 unspecified atom stereocenters.